The zero-order valence-electron chi connectivity index (χ0n) is 24.6. The summed E-state index contributed by atoms with van der Waals surface area (Å²) in [4.78, 5) is 29.4. The molecule has 2 aromatic carbocycles. The molecule has 2 aliphatic carbocycles. The third kappa shape index (κ3) is 6.15. The molecular formula is C34H39BFNO6. The lowest BCUT2D eigenvalue weighted by atomic mass is 9.58. The number of amides is 2. The van der Waals surface area contributed by atoms with Gasteiger partial charge in [-0.3, -0.25) is 14.5 Å². The van der Waals surface area contributed by atoms with E-state index in [9.17, 15) is 24.1 Å². The highest BCUT2D eigenvalue weighted by Crippen LogP contribution is 2.51. The van der Waals surface area contributed by atoms with E-state index in [1.807, 2.05) is 43.3 Å². The number of fused-ring (bicyclic) bond motifs is 3. The zero-order chi connectivity index (χ0) is 30.1. The number of likely N-dealkylation sites (tertiary alicyclic amines) is 1. The van der Waals surface area contributed by atoms with Gasteiger partial charge in [0.25, 0.3) is 0 Å². The van der Waals surface area contributed by atoms with Crippen LogP contribution in [0.25, 0.3) is 6.08 Å². The number of phenolic OH excluding ortho intramolecular Hbond substituents is 1. The molecule has 3 fully saturated rings. The molecule has 0 aromatic heterocycles. The van der Waals surface area contributed by atoms with Crippen LogP contribution in [0.2, 0.25) is 6.32 Å². The van der Waals surface area contributed by atoms with Gasteiger partial charge in [0.1, 0.15) is 12.4 Å². The first-order valence-electron chi connectivity index (χ1n) is 15.6. The minimum Gasteiger partial charge on any atom is -0.505 e. The van der Waals surface area contributed by atoms with E-state index >= 15 is 0 Å². The van der Waals surface area contributed by atoms with Crippen LogP contribution in [0, 0.1) is 23.6 Å². The Morgan fingerprint density at radius 2 is 1.86 bits per heavy atom. The van der Waals surface area contributed by atoms with E-state index in [4.69, 9.17) is 9.39 Å². The average Bonchev–Trinajstić information content (AvgIpc) is 3.26. The summed E-state index contributed by atoms with van der Waals surface area (Å²) in [5.41, 5.74) is 3.58. The maximum atomic E-state index is 14.0. The van der Waals surface area contributed by atoms with Crippen LogP contribution in [0.4, 0.5) is 4.39 Å². The van der Waals surface area contributed by atoms with Crippen LogP contribution < -0.4 is 4.74 Å². The van der Waals surface area contributed by atoms with Crippen molar-refractivity contribution in [2.24, 2.45) is 17.8 Å². The Morgan fingerprint density at radius 1 is 1.09 bits per heavy atom. The molecule has 0 bridgehead atoms. The number of phenols is 1. The number of hydrogen-bond acceptors (Lipinski definition) is 6. The van der Waals surface area contributed by atoms with Gasteiger partial charge in [0.05, 0.1) is 17.9 Å². The SMILES string of the molecule is C/C(=C\c1ccc(O)c(F)c1)CC[C@H]1OB(O)C[C@H]2C1=C(COc1ccccc1)C[C@H]1C(=O)N(C3CCCCC3)C(=O)[C@H]12. The number of para-hydroxylation sites is 1. The van der Waals surface area contributed by atoms with Crippen LogP contribution in [-0.2, 0) is 14.2 Å². The Bertz CT molecular complexity index is 1420. The van der Waals surface area contributed by atoms with Crippen molar-refractivity contribution in [1.29, 1.82) is 0 Å². The normalized spacial score (nSPS) is 26.5. The minimum atomic E-state index is -1.05. The van der Waals surface area contributed by atoms with Crippen LogP contribution in [-0.4, -0.2) is 52.7 Å². The highest BCUT2D eigenvalue weighted by molar-refractivity contribution is 6.43. The molecule has 7 nitrogen and oxygen atoms in total. The van der Waals surface area contributed by atoms with Crippen molar-refractivity contribution in [3.05, 3.63) is 76.6 Å². The molecule has 2 N–H and O–H groups in total. The zero-order valence-corrected chi connectivity index (χ0v) is 24.6. The largest absolute Gasteiger partial charge is 0.505 e. The Kier molecular flexibility index (Phi) is 8.73. The summed E-state index contributed by atoms with van der Waals surface area (Å²) in [7, 11) is -1.05. The van der Waals surface area contributed by atoms with Crippen LogP contribution in [0.3, 0.4) is 0 Å². The van der Waals surface area contributed by atoms with Crippen molar-refractivity contribution >= 4 is 25.0 Å². The first-order chi connectivity index (χ1) is 20.8. The third-order valence-electron chi connectivity index (χ3n) is 9.62. The number of rotatable bonds is 8. The van der Waals surface area contributed by atoms with Crippen LogP contribution >= 0.6 is 0 Å². The molecule has 4 atom stereocenters. The van der Waals surface area contributed by atoms with Crippen molar-refractivity contribution in [2.45, 2.75) is 76.8 Å². The molecule has 2 heterocycles. The molecule has 0 spiro atoms. The molecule has 2 aliphatic heterocycles. The van der Waals surface area contributed by atoms with E-state index in [0.717, 1.165) is 54.6 Å². The maximum absolute atomic E-state index is 14.0. The summed E-state index contributed by atoms with van der Waals surface area (Å²) in [6.45, 7) is 2.23. The van der Waals surface area contributed by atoms with E-state index in [1.54, 1.807) is 11.0 Å². The summed E-state index contributed by atoms with van der Waals surface area (Å²) in [6, 6.07) is 13.8. The van der Waals surface area contributed by atoms with Gasteiger partial charge in [-0.25, -0.2) is 4.39 Å². The Morgan fingerprint density at radius 3 is 2.60 bits per heavy atom. The molecule has 2 aromatic rings. The Labute approximate surface area is 252 Å². The summed E-state index contributed by atoms with van der Waals surface area (Å²) < 4.78 is 26.2. The number of aromatic hydroxyl groups is 1. The van der Waals surface area contributed by atoms with E-state index in [-0.39, 0.29) is 42.5 Å². The van der Waals surface area contributed by atoms with Crippen LogP contribution in [0.1, 0.15) is 63.9 Å². The fraction of sp³-hybridized carbons (Fsp3) is 0.471. The summed E-state index contributed by atoms with van der Waals surface area (Å²) in [5, 5.41) is 20.4. The van der Waals surface area contributed by atoms with Crippen LogP contribution in [0.5, 0.6) is 11.5 Å². The van der Waals surface area contributed by atoms with E-state index < -0.39 is 30.9 Å². The first kappa shape index (κ1) is 29.6. The average molecular weight is 587 g/mol. The molecule has 1 saturated carbocycles. The molecule has 0 unspecified atom stereocenters. The van der Waals surface area contributed by atoms with Gasteiger partial charge >= 0.3 is 7.12 Å². The third-order valence-corrected chi connectivity index (χ3v) is 9.62. The fourth-order valence-electron chi connectivity index (χ4n) is 7.64. The predicted molar refractivity (Wildman–Crippen MR) is 161 cm³/mol. The Hall–Kier alpha value is -3.43. The van der Waals surface area contributed by atoms with Gasteiger partial charge in [0.2, 0.25) is 11.8 Å². The number of halogens is 1. The van der Waals surface area contributed by atoms with Gasteiger partial charge in [-0.05, 0) is 92.2 Å². The lowest BCUT2D eigenvalue weighted by Gasteiger charge is -2.43. The molecule has 2 amide bonds. The standard InChI is InChI=1S/C34H39BFNO6/c1-21(16-22-13-14-29(38)28(36)17-22)12-15-30-31-23(20-42-25-10-6-3-7-11-25)18-26-32(27(31)19-35(41)43-30)34(40)37(33(26)39)24-8-4-2-5-9-24/h3,6-7,10-11,13-14,16-17,24,26-27,30,32,38,41H,2,4-5,8-9,12,15,18-20H2,1H3/b21-16+/t26-,27+,30-,32-/m1/s1. The monoisotopic (exact) mass is 587 g/mol. The summed E-state index contributed by atoms with van der Waals surface area (Å²) in [6.07, 6.45) is 8.18. The molecule has 6 rings (SSSR count). The number of allylic oxidation sites excluding steroid dienone is 1. The first-order valence-corrected chi connectivity index (χ1v) is 15.6. The topological polar surface area (TPSA) is 96.3 Å². The lowest BCUT2D eigenvalue weighted by Crippen LogP contribution is -2.47. The van der Waals surface area contributed by atoms with Crippen molar-refractivity contribution in [3.8, 4) is 11.5 Å². The van der Waals surface area contributed by atoms with Crippen LogP contribution in [0.15, 0.2) is 65.3 Å². The van der Waals surface area contributed by atoms with Crippen molar-refractivity contribution in [2.75, 3.05) is 6.61 Å². The molecule has 226 valence electrons. The van der Waals surface area contributed by atoms with Crippen molar-refractivity contribution < 1.29 is 33.5 Å². The number of nitrogens with zero attached hydrogens (tertiary/aromatic N) is 1. The van der Waals surface area contributed by atoms with Crippen molar-refractivity contribution in [1.82, 2.24) is 4.90 Å². The van der Waals surface area contributed by atoms with E-state index in [2.05, 4.69) is 0 Å². The number of hydrogen-bond donors (Lipinski definition) is 2. The number of carbonyl (C=O) groups is 2. The predicted octanol–water partition coefficient (Wildman–Crippen LogP) is 5.92. The van der Waals surface area contributed by atoms with Gasteiger partial charge in [-0.2, -0.15) is 0 Å². The highest BCUT2D eigenvalue weighted by atomic mass is 19.1. The molecule has 43 heavy (non-hydrogen) atoms. The molecular weight excluding hydrogens is 548 g/mol. The molecule has 0 radical (unpaired) electrons. The molecule has 4 aliphatic rings. The number of benzene rings is 2. The maximum Gasteiger partial charge on any atom is 0.455 e. The van der Waals surface area contributed by atoms with Gasteiger partial charge < -0.3 is 19.5 Å². The number of carbonyl (C=O) groups excluding carboxylic acids is 2. The summed E-state index contributed by atoms with van der Waals surface area (Å²) >= 11 is 0. The second-order valence-electron chi connectivity index (χ2n) is 12.5. The van der Waals surface area contributed by atoms with E-state index in [1.165, 1.54) is 12.1 Å². The Balaban J connectivity index is 1.29. The van der Waals surface area contributed by atoms with Gasteiger partial charge in [-0.1, -0.05) is 55.2 Å². The second-order valence-corrected chi connectivity index (χ2v) is 12.5. The fourth-order valence-corrected chi connectivity index (χ4v) is 7.64. The van der Waals surface area contributed by atoms with Gasteiger partial charge in [-0.15, -0.1) is 0 Å². The van der Waals surface area contributed by atoms with Gasteiger partial charge in [0, 0.05) is 6.04 Å². The quantitative estimate of drug-likeness (QED) is 0.226. The minimum absolute atomic E-state index is 0.0371. The van der Waals surface area contributed by atoms with Crippen molar-refractivity contribution in [3.63, 3.8) is 0 Å². The van der Waals surface area contributed by atoms with Gasteiger partial charge in [0.15, 0.2) is 11.6 Å². The smallest absolute Gasteiger partial charge is 0.455 e. The highest BCUT2D eigenvalue weighted by Gasteiger charge is 2.58. The summed E-state index contributed by atoms with van der Waals surface area (Å²) in [5.74, 6) is -1.76. The molecule has 9 heteroatoms. The lowest BCUT2D eigenvalue weighted by molar-refractivity contribution is -0.143. The number of imide groups is 1. The number of ether oxygens (including phenoxy) is 1. The second kappa shape index (κ2) is 12.7. The van der Waals surface area contributed by atoms with E-state index in [0.29, 0.717) is 24.8 Å². The molecule has 2 saturated heterocycles.